The molecule has 0 spiro atoms. The molecule has 11 heteroatoms. The average molecular weight is 573 g/mol. The second-order valence-electron chi connectivity index (χ2n) is 10.4. The Bertz CT molecular complexity index is 1490. The maximum absolute atomic E-state index is 13.6. The molecule has 0 saturated carbocycles. The fourth-order valence-corrected chi connectivity index (χ4v) is 6.95. The molecule has 4 N–H and O–H groups in total. The number of carbonyl (C=O) groups excluding carboxylic acids is 3. The summed E-state index contributed by atoms with van der Waals surface area (Å²) in [4.78, 5) is 47.4. The molecule has 0 aliphatic carbocycles. The zero-order valence-electron chi connectivity index (χ0n) is 22.7. The van der Waals surface area contributed by atoms with Crippen LogP contribution in [0.3, 0.4) is 0 Å². The highest BCUT2D eigenvalue weighted by Gasteiger charge is 2.47. The van der Waals surface area contributed by atoms with Gasteiger partial charge in [-0.25, -0.2) is 9.78 Å². The number of piperidine rings is 1. The predicted octanol–water partition coefficient (Wildman–Crippen LogP) is 4.02. The number of para-hydroxylation sites is 1. The topological polar surface area (TPSA) is 130 Å². The number of urea groups is 1. The Morgan fingerprint density at radius 3 is 2.76 bits per heavy atom. The van der Waals surface area contributed by atoms with Gasteiger partial charge >= 0.3 is 6.03 Å². The molecule has 4 amide bonds. The number of ether oxygens (including phenoxy) is 1. The summed E-state index contributed by atoms with van der Waals surface area (Å²) in [5, 5.41) is 6.36. The van der Waals surface area contributed by atoms with Crippen molar-refractivity contribution in [2.75, 3.05) is 24.5 Å². The molecule has 4 heterocycles. The van der Waals surface area contributed by atoms with Crippen molar-refractivity contribution in [1.29, 1.82) is 0 Å². The van der Waals surface area contributed by atoms with Crippen LogP contribution in [-0.2, 0) is 9.59 Å². The highest BCUT2D eigenvalue weighted by molar-refractivity contribution is 8.01. The Hall–Kier alpha value is -4.09. The lowest BCUT2D eigenvalue weighted by molar-refractivity contribution is -0.133. The van der Waals surface area contributed by atoms with Crippen molar-refractivity contribution in [3.05, 3.63) is 71.9 Å². The molecule has 6 rings (SSSR count). The number of pyridine rings is 1. The van der Waals surface area contributed by atoms with Gasteiger partial charge in [0.25, 0.3) is 0 Å². The monoisotopic (exact) mass is 572 g/mol. The minimum atomic E-state index is -0.567. The van der Waals surface area contributed by atoms with E-state index in [9.17, 15) is 14.4 Å². The first-order chi connectivity index (χ1) is 19.9. The predicted molar refractivity (Wildman–Crippen MR) is 156 cm³/mol. The van der Waals surface area contributed by atoms with Crippen LogP contribution in [0.1, 0.15) is 36.4 Å². The van der Waals surface area contributed by atoms with E-state index < -0.39 is 11.3 Å². The number of hydrogen-bond acceptors (Lipinski definition) is 7. The van der Waals surface area contributed by atoms with Crippen molar-refractivity contribution in [2.45, 2.75) is 48.5 Å². The minimum absolute atomic E-state index is 0.0116. The van der Waals surface area contributed by atoms with Gasteiger partial charge in [0, 0.05) is 43.9 Å². The van der Waals surface area contributed by atoms with Crippen molar-refractivity contribution in [3.8, 4) is 11.5 Å². The maximum Gasteiger partial charge on any atom is 0.327 e. The summed E-state index contributed by atoms with van der Waals surface area (Å²) >= 11 is 1.36. The van der Waals surface area contributed by atoms with Crippen LogP contribution >= 0.6 is 11.8 Å². The van der Waals surface area contributed by atoms with Gasteiger partial charge in [0.05, 0.1) is 17.4 Å². The van der Waals surface area contributed by atoms with E-state index >= 15 is 0 Å². The van der Waals surface area contributed by atoms with Crippen LogP contribution in [0.5, 0.6) is 11.5 Å². The van der Waals surface area contributed by atoms with Crippen LogP contribution in [-0.4, -0.2) is 58.7 Å². The molecule has 41 heavy (non-hydrogen) atoms. The van der Waals surface area contributed by atoms with E-state index in [0.29, 0.717) is 37.5 Å². The number of aryl methyl sites for hydroxylation is 1. The zero-order chi connectivity index (χ0) is 28.5. The molecule has 2 unspecified atom stereocenters. The Morgan fingerprint density at radius 1 is 1.15 bits per heavy atom. The SMILES string of the molecule is Cc1cc(Oc2ccccc2)ccc1N1C(=O)NC2c3c1ccnc3S[C@H]2C(=O)NC1CCCN(C(=O)CCN)C1. The normalized spacial score (nSPS) is 21.2. The number of nitrogens with two attached hydrogens (primary N) is 1. The number of carbonyl (C=O) groups is 3. The third kappa shape index (κ3) is 5.34. The molecule has 2 aromatic carbocycles. The minimum Gasteiger partial charge on any atom is -0.457 e. The van der Waals surface area contributed by atoms with Gasteiger partial charge in [-0.05, 0) is 61.7 Å². The molecule has 0 radical (unpaired) electrons. The molecule has 3 aliphatic rings. The van der Waals surface area contributed by atoms with E-state index in [1.807, 2.05) is 61.5 Å². The first-order valence-corrected chi connectivity index (χ1v) is 14.7. The lowest BCUT2D eigenvalue weighted by Gasteiger charge is -2.36. The number of nitrogens with zero attached hydrogens (tertiary/aromatic N) is 3. The number of nitrogens with one attached hydrogen (secondary N) is 2. The van der Waals surface area contributed by atoms with Crippen LogP contribution in [0.4, 0.5) is 16.2 Å². The molecule has 3 aromatic rings. The summed E-state index contributed by atoms with van der Waals surface area (Å²) in [6.45, 7) is 3.38. The third-order valence-corrected chi connectivity index (χ3v) is 8.92. The number of benzene rings is 2. The van der Waals surface area contributed by atoms with Crippen LogP contribution < -0.4 is 26.0 Å². The largest absolute Gasteiger partial charge is 0.457 e. The summed E-state index contributed by atoms with van der Waals surface area (Å²) in [7, 11) is 0. The molecule has 1 saturated heterocycles. The molecule has 1 aromatic heterocycles. The number of thioether (sulfide) groups is 1. The van der Waals surface area contributed by atoms with Crippen molar-refractivity contribution < 1.29 is 19.1 Å². The van der Waals surface area contributed by atoms with E-state index in [-0.39, 0.29) is 23.9 Å². The van der Waals surface area contributed by atoms with Gasteiger partial charge in [-0.15, -0.1) is 0 Å². The standard InChI is InChI=1S/C30H32N6O4S/c1-18-16-21(40-20-7-3-2-4-8-20)9-10-22(18)36-23-12-14-32-29-25(23)26(34-30(36)39)27(41-29)28(38)33-19-6-5-15-35(17-19)24(37)11-13-31/h2-4,7-10,12,14,16,19,26-27H,5-6,11,13,15,17,31H2,1H3,(H,33,38)(H,34,39)/t19?,26?,27-/m1/s1. The summed E-state index contributed by atoms with van der Waals surface area (Å²) in [5.74, 6) is 1.24. The lowest BCUT2D eigenvalue weighted by atomic mass is 9.98. The number of hydrogen-bond donors (Lipinski definition) is 3. The van der Waals surface area contributed by atoms with E-state index in [0.717, 1.165) is 40.4 Å². The molecule has 0 bridgehead atoms. The lowest BCUT2D eigenvalue weighted by Crippen LogP contribution is -2.53. The molecule has 212 valence electrons. The van der Waals surface area contributed by atoms with Gasteiger partial charge in [0.2, 0.25) is 11.8 Å². The third-order valence-electron chi connectivity index (χ3n) is 7.63. The fraction of sp³-hybridized carbons (Fsp3) is 0.333. The zero-order valence-corrected chi connectivity index (χ0v) is 23.5. The Morgan fingerprint density at radius 2 is 1.98 bits per heavy atom. The van der Waals surface area contributed by atoms with E-state index in [2.05, 4.69) is 15.6 Å². The maximum atomic E-state index is 13.6. The van der Waals surface area contributed by atoms with E-state index in [4.69, 9.17) is 10.5 Å². The first-order valence-electron chi connectivity index (χ1n) is 13.8. The summed E-state index contributed by atoms with van der Waals surface area (Å²) in [6.07, 6.45) is 3.58. The number of amides is 4. The number of anilines is 2. The fourth-order valence-electron chi connectivity index (χ4n) is 5.72. The average Bonchev–Trinajstić information content (AvgIpc) is 3.34. The highest BCUT2D eigenvalue weighted by Crippen LogP contribution is 2.51. The number of likely N-dealkylation sites (tertiary alicyclic amines) is 1. The summed E-state index contributed by atoms with van der Waals surface area (Å²) in [5.41, 5.74) is 8.69. The van der Waals surface area contributed by atoms with Gasteiger partial charge in [-0.3, -0.25) is 14.5 Å². The molecular weight excluding hydrogens is 540 g/mol. The summed E-state index contributed by atoms with van der Waals surface area (Å²) < 4.78 is 5.97. The van der Waals surface area contributed by atoms with Crippen LogP contribution in [0.15, 0.2) is 65.8 Å². The van der Waals surface area contributed by atoms with E-state index in [1.54, 1.807) is 16.0 Å². The molecular formula is C30H32N6O4S. The second-order valence-corrected chi connectivity index (χ2v) is 11.6. The molecule has 3 aliphatic heterocycles. The molecule has 10 nitrogen and oxygen atoms in total. The molecule has 3 atom stereocenters. The Labute approximate surface area is 242 Å². The van der Waals surface area contributed by atoms with Crippen LogP contribution in [0, 0.1) is 6.92 Å². The molecule has 1 fully saturated rings. The number of rotatable bonds is 7. The van der Waals surface area contributed by atoms with E-state index in [1.165, 1.54) is 11.8 Å². The van der Waals surface area contributed by atoms with Crippen molar-refractivity contribution >= 4 is 41.0 Å². The van der Waals surface area contributed by atoms with Crippen LogP contribution in [0.25, 0.3) is 0 Å². The van der Waals surface area contributed by atoms with Gasteiger partial charge in [-0.1, -0.05) is 30.0 Å². The van der Waals surface area contributed by atoms with Gasteiger partial charge < -0.3 is 26.0 Å². The quantitative estimate of drug-likeness (QED) is 0.390. The van der Waals surface area contributed by atoms with Gasteiger partial charge in [-0.2, -0.15) is 0 Å². The van der Waals surface area contributed by atoms with Crippen LogP contribution in [0.2, 0.25) is 0 Å². The smallest absolute Gasteiger partial charge is 0.327 e. The van der Waals surface area contributed by atoms with Crippen molar-refractivity contribution in [3.63, 3.8) is 0 Å². The first kappa shape index (κ1) is 27.1. The van der Waals surface area contributed by atoms with Crippen molar-refractivity contribution in [1.82, 2.24) is 20.5 Å². The highest BCUT2D eigenvalue weighted by atomic mass is 32.2. The van der Waals surface area contributed by atoms with Gasteiger partial charge in [0.15, 0.2) is 0 Å². The second kappa shape index (κ2) is 11.4. The number of aromatic nitrogens is 1. The van der Waals surface area contributed by atoms with Crippen molar-refractivity contribution in [2.24, 2.45) is 5.73 Å². The Balaban J connectivity index is 1.21. The van der Waals surface area contributed by atoms with Gasteiger partial charge in [0.1, 0.15) is 21.8 Å². The summed E-state index contributed by atoms with van der Waals surface area (Å²) in [6, 6.07) is 16.0. The Kier molecular flexibility index (Phi) is 7.55.